The topological polar surface area (TPSA) is 117 Å². The number of halogens is 2. The van der Waals surface area contributed by atoms with Crippen LogP contribution in [0.3, 0.4) is 0 Å². The number of amides is 2. The third-order valence-corrected chi connectivity index (χ3v) is 8.51. The Morgan fingerprint density at radius 2 is 1.84 bits per heavy atom. The van der Waals surface area contributed by atoms with Gasteiger partial charge in [-0.3, -0.25) is 14.7 Å². The molecule has 232 valence electrons. The van der Waals surface area contributed by atoms with Crippen LogP contribution in [0.2, 0.25) is 5.02 Å². The molecule has 4 aromatic rings. The molecule has 0 spiro atoms. The summed E-state index contributed by atoms with van der Waals surface area (Å²) < 4.78 is 11.7. The predicted molar refractivity (Wildman–Crippen MR) is 172 cm³/mol. The maximum absolute atomic E-state index is 13.6. The Labute approximate surface area is 270 Å². The van der Waals surface area contributed by atoms with Crippen molar-refractivity contribution in [1.82, 2.24) is 20.2 Å². The second-order valence-corrected chi connectivity index (χ2v) is 11.9. The van der Waals surface area contributed by atoms with Crippen molar-refractivity contribution in [3.05, 3.63) is 117 Å². The van der Waals surface area contributed by atoms with Crippen molar-refractivity contribution in [1.29, 1.82) is 0 Å². The zero-order chi connectivity index (χ0) is 31.3. The van der Waals surface area contributed by atoms with E-state index in [1.54, 1.807) is 41.6 Å². The van der Waals surface area contributed by atoms with Gasteiger partial charge >= 0.3 is 6.09 Å². The fraction of sp³-hybridized carbons (Fsp3) is 0.265. The molecule has 6 rings (SSSR count). The number of fused-ring (bicyclic) bond motifs is 3. The standard InChI is InChI=1S/C34H32Cl2N4O5/c35-23-3-8-27(9-4-23)45-34(43)40-17-13-28-29-19-24(36)5-10-30(29)39-31(28)32(40)21-1-6-26(7-2-21)44-18-14-25(41)20-38-33(42)22-11-15-37-16-12-22/h1-3,5-8,10-12,15-16,19,25,32,39,41H,4,9,13-14,17-18,20H2,(H,38,42). The summed E-state index contributed by atoms with van der Waals surface area (Å²) in [7, 11) is 0. The van der Waals surface area contributed by atoms with Gasteiger partial charge in [0.2, 0.25) is 0 Å². The van der Waals surface area contributed by atoms with Gasteiger partial charge in [-0.2, -0.15) is 0 Å². The largest absolute Gasteiger partial charge is 0.493 e. The molecule has 2 aromatic heterocycles. The average molecular weight is 648 g/mol. The van der Waals surface area contributed by atoms with E-state index in [0.717, 1.165) is 32.8 Å². The molecule has 1 aliphatic carbocycles. The maximum Gasteiger partial charge on any atom is 0.415 e. The van der Waals surface area contributed by atoms with Crippen LogP contribution in [0, 0.1) is 0 Å². The third kappa shape index (κ3) is 7.17. The minimum Gasteiger partial charge on any atom is -0.493 e. The van der Waals surface area contributed by atoms with Crippen molar-refractivity contribution in [3.63, 3.8) is 0 Å². The molecule has 0 radical (unpaired) electrons. The van der Waals surface area contributed by atoms with Crippen LogP contribution in [0.15, 0.2) is 89.9 Å². The summed E-state index contributed by atoms with van der Waals surface area (Å²) in [6, 6.07) is 16.1. The monoisotopic (exact) mass is 646 g/mol. The highest BCUT2D eigenvalue weighted by Crippen LogP contribution is 2.40. The highest BCUT2D eigenvalue weighted by molar-refractivity contribution is 6.31. The number of nitrogens with zero attached hydrogens (tertiary/aromatic N) is 2. The highest BCUT2D eigenvalue weighted by atomic mass is 35.5. The van der Waals surface area contributed by atoms with Crippen molar-refractivity contribution in [2.75, 3.05) is 19.7 Å². The van der Waals surface area contributed by atoms with Gasteiger partial charge in [-0.25, -0.2) is 4.79 Å². The van der Waals surface area contributed by atoms with E-state index >= 15 is 0 Å². The lowest BCUT2D eigenvalue weighted by molar-refractivity contribution is 0.0895. The van der Waals surface area contributed by atoms with Crippen LogP contribution in [-0.2, 0) is 11.2 Å². The number of pyridine rings is 1. The van der Waals surface area contributed by atoms with Crippen LogP contribution in [-0.4, -0.2) is 57.8 Å². The Morgan fingerprint density at radius 1 is 1.04 bits per heavy atom. The molecule has 3 N–H and O–H groups in total. The van der Waals surface area contributed by atoms with Crippen LogP contribution in [0.5, 0.6) is 5.75 Å². The summed E-state index contributed by atoms with van der Waals surface area (Å²) in [6.45, 7) is 0.830. The molecule has 11 heteroatoms. The molecular formula is C34H32Cl2N4O5. The molecule has 2 aliphatic rings. The van der Waals surface area contributed by atoms with E-state index in [-0.39, 0.29) is 19.1 Å². The number of aliphatic hydroxyl groups excluding tert-OH is 1. The van der Waals surface area contributed by atoms with E-state index in [1.807, 2.05) is 42.5 Å². The lowest BCUT2D eigenvalue weighted by atomic mass is 9.92. The van der Waals surface area contributed by atoms with Gasteiger partial charge in [-0.15, -0.1) is 0 Å². The lowest BCUT2D eigenvalue weighted by Crippen LogP contribution is -2.40. The summed E-state index contributed by atoms with van der Waals surface area (Å²) in [4.78, 5) is 34.9. The first-order valence-electron chi connectivity index (χ1n) is 14.8. The first kappa shape index (κ1) is 30.7. The second-order valence-electron chi connectivity index (χ2n) is 11.0. The van der Waals surface area contributed by atoms with E-state index in [9.17, 15) is 14.7 Å². The quantitative estimate of drug-likeness (QED) is 0.187. The van der Waals surface area contributed by atoms with Crippen molar-refractivity contribution < 1.29 is 24.2 Å². The molecular weight excluding hydrogens is 615 g/mol. The van der Waals surface area contributed by atoms with Crippen LogP contribution in [0.25, 0.3) is 10.9 Å². The van der Waals surface area contributed by atoms with E-state index in [4.69, 9.17) is 32.7 Å². The number of hydrogen-bond acceptors (Lipinski definition) is 6. The first-order chi connectivity index (χ1) is 21.9. The molecule has 2 aromatic carbocycles. The molecule has 0 fully saturated rings. The number of aliphatic hydroxyl groups is 1. The summed E-state index contributed by atoms with van der Waals surface area (Å²) in [6.07, 6.45) is 7.58. The molecule has 0 bridgehead atoms. The molecule has 3 heterocycles. The maximum atomic E-state index is 13.6. The molecule has 0 saturated heterocycles. The average Bonchev–Trinajstić information content (AvgIpc) is 3.43. The molecule has 1 aliphatic heterocycles. The number of hydrogen-bond donors (Lipinski definition) is 3. The zero-order valence-electron chi connectivity index (χ0n) is 24.3. The van der Waals surface area contributed by atoms with Crippen molar-refractivity contribution in [2.45, 2.75) is 37.8 Å². The van der Waals surface area contributed by atoms with Gasteiger partial charge in [0.25, 0.3) is 5.91 Å². The van der Waals surface area contributed by atoms with E-state index < -0.39 is 18.2 Å². The predicted octanol–water partition coefficient (Wildman–Crippen LogP) is 6.66. The van der Waals surface area contributed by atoms with Gasteiger partial charge in [0.1, 0.15) is 17.6 Å². The Balaban J connectivity index is 1.14. The van der Waals surface area contributed by atoms with Gasteiger partial charge in [0.05, 0.1) is 12.7 Å². The number of H-pyrrole nitrogens is 1. The number of nitrogens with one attached hydrogen (secondary N) is 2. The van der Waals surface area contributed by atoms with Crippen molar-refractivity contribution in [2.24, 2.45) is 0 Å². The smallest absolute Gasteiger partial charge is 0.415 e. The normalized spacial score (nSPS) is 16.8. The minimum absolute atomic E-state index is 0.106. The summed E-state index contributed by atoms with van der Waals surface area (Å²) >= 11 is 12.4. The first-order valence-corrected chi connectivity index (χ1v) is 15.5. The van der Waals surface area contributed by atoms with Crippen LogP contribution in [0.4, 0.5) is 4.79 Å². The molecule has 2 unspecified atom stereocenters. The molecule has 0 saturated carbocycles. The second kappa shape index (κ2) is 13.8. The Hall–Kier alpha value is -4.31. The number of ether oxygens (including phenoxy) is 2. The number of aromatic amines is 1. The summed E-state index contributed by atoms with van der Waals surface area (Å²) in [5.41, 5.74) is 4.36. The Kier molecular flexibility index (Phi) is 9.39. The number of carbonyl (C=O) groups excluding carboxylic acids is 2. The summed E-state index contributed by atoms with van der Waals surface area (Å²) in [5.74, 6) is 0.933. The van der Waals surface area contributed by atoms with Crippen molar-refractivity contribution >= 4 is 46.1 Å². The molecule has 45 heavy (non-hydrogen) atoms. The number of carbonyl (C=O) groups is 2. The van der Waals surface area contributed by atoms with Crippen LogP contribution in [0.1, 0.15) is 52.5 Å². The number of aromatic nitrogens is 2. The highest BCUT2D eigenvalue weighted by Gasteiger charge is 2.36. The van der Waals surface area contributed by atoms with E-state index in [2.05, 4.69) is 15.3 Å². The molecule has 2 amide bonds. The van der Waals surface area contributed by atoms with Gasteiger partial charge in [0.15, 0.2) is 0 Å². The van der Waals surface area contributed by atoms with Gasteiger partial charge in [0, 0.05) is 70.5 Å². The Bertz CT molecular complexity index is 1750. The lowest BCUT2D eigenvalue weighted by Gasteiger charge is -2.35. The SMILES string of the molecule is O=C(NCC(O)CCOc1ccc(C2c3[nH]c4ccc(Cl)cc4c3CCN2C(=O)OC2=CC=C(Cl)CC2)cc1)c1ccncc1. The fourth-order valence-electron chi connectivity index (χ4n) is 5.63. The van der Waals surface area contributed by atoms with Crippen LogP contribution < -0.4 is 10.1 Å². The minimum atomic E-state index is -0.767. The van der Waals surface area contributed by atoms with Crippen LogP contribution >= 0.6 is 23.2 Å². The zero-order valence-corrected chi connectivity index (χ0v) is 25.9. The van der Waals surface area contributed by atoms with Gasteiger partial charge in [-0.05, 0) is 78.6 Å². The molecule has 9 nitrogen and oxygen atoms in total. The van der Waals surface area contributed by atoms with Gasteiger partial charge in [-0.1, -0.05) is 35.3 Å². The van der Waals surface area contributed by atoms with E-state index in [1.165, 1.54) is 0 Å². The third-order valence-electron chi connectivity index (χ3n) is 7.96. The summed E-state index contributed by atoms with van der Waals surface area (Å²) in [5, 5.41) is 15.5. The van der Waals surface area contributed by atoms with E-state index in [0.29, 0.717) is 54.3 Å². The number of benzene rings is 2. The number of allylic oxidation sites excluding steroid dienone is 4. The Morgan fingerprint density at radius 3 is 2.60 bits per heavy atom. The van der Waals surface area contributed by atoms with Gasteiger partial charge < -0.3 is 24.9 Å². The number of rotatable bonds is 9. The van der Waals surface area contributed by atoms with Crippen molar-refractivity contribution in [3.8, 4) is 5.75 Å². The molecule has 2 atom stereocenters. The fourth-order valence-corrected chi connectivity index (χ4v) is 5.96.